The highest BCUT2D eigenvalue weighted by Gasteiger charge is 2.13. The molecule has 0 aliphatic heterocycles. The second-order valence-corrected chi connectivity index (χ2v) is 4.71. The number of carbonyl (C=O) groups is 1. The average Bonchev–Trinajstić information content (AvgIpc) is 2.40. The second kappa shape index (κ2) is 8.69. The van der Waals surface area contributed by atoms with Crippen LogP contribution in [0.4, 0.5) is 5.69 Å². The summed E-state index contributed by atoms with van der Waals surface area (Å²) in [7, 11) is 0. The number of rotatable bonds is 8. The van der Waals surface area contributed by atoms with Crippen LogP contribution in [-0.2, 0) is 4.79 Å². The molecule has 20 heavy (non-hydrogen) atoms. The number of halogens is 1. The van der Waals surface area contributed by atoms with Crippen LogP contribution in [0.25, 0.3) is 0 Å². The predicted molar refractivity (Wildman–Crippen MR) is 81.9 cm³/mol. The molecule has 0 aliphatic rings. The maximum absolute atomic E-state index is 11.7. The quantitative estimate of drug-likeness (QED) is 0.780. The van der Waals surface area contributed by atoms with Gasteiger partial charge in [-0.15, -0.1) is 0 Å². The molecule has 5 heteroatoms. The molecule has 0 atom stereocenters. The Morgan fingerprint density at radius 2 is 1.90 bits per heavy atom. The van der Waals surface area contributed by atoms with Gasteiger partial charge in [0, 0.05) is 18.2 Å². The molecule has 1 N–H and O–H groups in total. The first kappa shape index (κ1) is 16.6. The van der Waals surface area contributed by atoms with Crippen molar-refractivity contribution < 1.29 is 14.3 Å². The third-order valence-electron chi connectivity index (χ3n) is 2.64. The Hall–Kier alpha value is -1.42. The molecule has 0 spiro atoms. The number of anilines is 1. The molecular weight excluding hydrogens is 278 g/mol. The molecule has 1 aromatic rings. The van der Waals surface area contributed by atoms with Crippen LogP contribution in [0.1, 0.15) is 40.0 Å². The Kier molecular flexibility index (Phi) is 7.23. The average molecular weight is 300 g/mol. The van der Waals surface area contributed by atoms with Gasteiger partial charge in [0.2, 0.25) is 5.91 Å². The summed E-state index contributed by atoms with van der Waals surface area (Å²) in [4.78, 5) is 11.7. The van der Waals surface area contributed by atoms with Gasteiger partial charge in [-0.05, 0) is 26.3 Å². The maximum atomic E-state index is 11.7. The van der Waals surface area contributed by atoms with Crippen molar-refractivity contribution in [2.45, 2.75) is 40.0 Å². The van der Waals surface area contributed by atoms with Gasteiger partial charge in [0.25, 0.3) is 0 Å². The van der Waals surface area contributed by atoms with E-state index in [0.29, 0.717) is 41.8 Å². The molecule has 0 aromatic heterocycles. The number of nitrogens with one attached hydrogen (secondary N) is 1. The molecule has 4 nitrogen and oxygen atoms in total. The van der Waals surface area contributed by atoms with E-state index in [9.17, 15) is 4.79 Å². The SMILES string of the molecule is CCCCC(=O)Nc1cc(Cl)c(OCC)c(OCC)c1. The Morgan fingerprint density at radius 1 is 1.20 bits per heavy atom. The number of benzene rings is 1. The van der Waals surface area contributed by atoms with Crippen LogP contribution in [-0.4, -0.2) is 19.1 Å². The van der Waals surface area contributed by atoms with E-state index in [1.165, 1.54) is 0 Å². The van der Waals surface area contributed by atoms with Crippen LogP contribution in [0.2, 0.25) is 5.02 Å². The fourth-order valence-corrected chi connectivity index (χ4v) is 2.01. The normalized spacial score (nSPS) is 10.2. The molecule has 0 bridgehead atoms. The smallest absolute Gasteiger partial charge is 0.224 e. The van der Waals surface area contributed by atoms with Crippen molar-refractivity contribution in [2.75, 3.05) is 18.5 Å². The molecule has 1 rings (SSSR count). The van der Waals surface area contributed by atoms with Gasteiger partial charge in [0.05, 0.1) is 18.2 Å². The van der Waals surface area contributed by atoms with Gasteiger partial charge in [-0.3, -0.25) is 4.79 Å². The molecule has 0 fully saturated rings. The molecule has 0 radical (unpaired) electrons. The first-order valence-corrected chi connectivity index (χ1v) is 7.39. The van der Waals surface area contributed by atoms with Crippen molar-refractivity contribution >= 4 is 23.2 Å². The summed E-state index contributed by atoms with van der Waals surface area (Å²) in [6, 6.07) is 3.42. The van der Waals surface area contributed by atoms with Crippen LogP contribution in [0.5, 0.6) is 11.5 Å². The highest BCUT2D eigenvalue weighted by atomic mass is 35.5. The largest absolute Gasteiger partial charge is 0.490 e. The second-order valence-electron chi connectivity index (χ2n) is 4.30. The van der Waals surface area contributed by atoms with Crippen molar-refractivity contribution in [3.05, 3.63) is 17.2 Å². The van der Waals surface area contributed by atoms with Crippen LogP contribution >= 0.6 is 11.6 Å². The first-order valence-electron chi connectivity index (χ1n) is 7.01. The molecule has 0 heterocycles. The fourth-order valence-electron chi connectivity index (χ4n) is 1.75. The molecular formula is C15H22ClNO3. The van der Waals surface area contributed by atoms with Crippen LogP contribution < -0.4 is 14.8 Å². The minimum absolute atomic E-state index is 0.0190. The Labute approximate surface area is 125 Å². The topological polar surface area (TPSA) is 47.6 Å². The highest BCUT2D eigenvalue weighted by molar-refractivity contribution is 6.32. The van der Waals surface area contributed by atoms with E-state index in [1.807, 2.05) is 20.8 Å². The predicted octanol–water partition coefficient (Wildman–Crippen LogP) is 4.27. The van der Waals surface area contributed by atoms with Gasteiger partial charge < -0.3 is 14.8 Å². The zero-order chi connectivity index (χ0) is 15.0. The van der Waals surface area contributed by atoms with E-state index in [2.05, 4.69) is 5.32 Å². The van der Waals surface area contributed by atoms with Gasteiger partial charge >= 0.3 is 0 Å². The number of ether oxygens (including phenoxy) is 2. The lowest BCUT2D eigenvalue weighted by molar-refractivity contribution is -0.116. The zero-order valence-electron chi connectivity index (χ0n) is 12.3. The number of amides is 1. The highest BCUT2D eigenvalue weighted by Crippen LogP contribution is 2.38. The molecule has 0 aliphatic carbocycles. The first-order chi connectivity index (χ1) is 9.62. The molecule has 112 valence electrons. The standard InChI is InChI=1S/C15H22ClNO3/c1-4-7-8-14(18)17-11-9-12(16)15(20-6-3)13(10-11)19-5-2/h9-10H,4-8H2,1-3H3,(H,17,18). The van der Waals surface area contributed by atoms with Crippen LogP contribution in [0.15, 0.2) is 12.1 Å². The van der Waals surface area contributed by atoms with Crippen LogP contribution in [0, 0.1) is 0 Å². The maximum Gasteiger partial charge on any atom is 0.224 e. The third kappa shape index (κ3) is 4.93. The summed E-state index contributed by atoms with van der Waals surface area (Å²) in [6.45, 7) is 6.82. The van der Waals surface area contributed by atoms with E-state index >= 15 is 0 Å². The summed E-state index contributed by atoms with van der Waals surface area (Å²) in [5, 5.41) is 3.26. The lowest BCUT2D eigenvalue weighted by Gasteiger charge is -2.14. The van der Waals surface area contributed by atoms with Gasteiger partial charge in [-0.25, -0.2) is 0 Å². The van der Waals surface area contributed by atoms with E-state index in [-0.39, 0.29) is 5.91 Å². The number of hydrogen-bond acceptors (Lipinski definition) is 3. The molecule has 0 saturated carbocycles. The van der Waals surface area contributed by atoms with Gasteiger partial charge in [0.1, 0.15) is 0 Å². The van der Waals surface area contributed by atoms with Crippen molar-refractivity contribution in [2.24, 2.45) is 0 Å². The lowest BCUT2D eigenvalue weighted by atomic mass is 10.2. The minimum Gasteiger partial charge on any atom is -0.490 e. The van der Waals surface area contributed by atoms with Gasteiger partial charge in [-0.1, -0.05) is 24.9 Å². The number of unbranched alkanes of at least 4 members (excludes halogenated alkanes) is 1. The molecule has 0 unspecified atom stereocenters. The minimum atomic E-state index is -0.0190. The molecule has 1 aromatic carbocycles. The molecule has 1 amide bonds. The van der Waals surface area contributed by atoms with Crippen LogP contribution in [0.3, 0.4) is 0 Å². The monoisotopic (exact) mass is 299 g/mol. The summed E-state index contributed by atoms with van der Waals surface area (Å²) < 4.78 is 11.0. The van der Waals surface area contributed by atoms with Crippen molar-refractivity contribution in [3.63, 3.8) is 0 Å². The van der Waals surface area contributed by atoms with E-state index < -0.39 is 0 Å². The van der Waals surface area contributed by atoms with E-state index in [4.69, 9.17) is 21.1 Å². The van der Waals surface area contributed by atoms with Gasteiger partial charge in [0.15, 0.2) is 11.5 Å². The Balaban J connectivity index is 2.90. The fraction of sp³-hybridized carbons (Fsp3) is 0.533. The Morgan fingerprint density at radius 3 is 2.50 bits per heavy atom. The summed E-state index contributed by atoms with van der Waals surface area (Å²) >= 11 is 6.18. The summed E-state index contributed by atoms with van der Waals surface area (Å²) in [5.41, 5.74) is 0.628. The summed E-state index contributed by atoms with van der Waals surface area (Å²) in [5.74, 6) is 1.05. The van der Waals surface area contributed by atoms with Crippen molar-refractivity contribution in [1.82, 2.24) is 0 Å². The summed E-state index contributed by atoms with van der Waals surface area (Å²) in [6.07, 6.45) is 2.36. The lowest BCUT2D eigenvalue weighted by Crippen LogP contribution is -2.11. The third-order valence-corrected chi connectivity index (χ3v) is 2.92. The Bertz CT molecular complexity index is 449. The number of hydrogen-bond donors (Lipinski definition) is 1. The van der Waals surface area contributed by atoms with Crippen molar-refractivity contribution in [1.29, 1.82) is 0 Å². The van der Waals surface area contributed by atoms with Crippen molar-refractivity contribution in [3.8, 4) is 11.5 Å². The zero-order valence-corrected chi connectivity index (χ0v) is 13.0. The number of carbonyl (C=O) groups excluding carboxylic acids is 1. The molecule has 0 saturated heterocycles. The van der Waals surface area contributed by atoms with Gasteiger partial charge in [-0.2, -0.15) is 0 Å². The van der Waals surface area contributed by atoms with E-state index in [0.717, 1.165) is 12.8 Å². The van der Waals surface area contributed by atoms with E-state index in [1.54, 1.807) is 12.1 Å².